The van der Waals surface area contributed by atoms with Gasteiger partial charge in [-0.3, -0.25) is 0 Å². The summed E-state index contributed by atoms with van der Waals surface area (Å²) in [7, 11) is 0. The average molecular weight is 348 g/mol. The Kier molecular flexibility index (Phi) is 4.77. The van der Waals surface area contributed by atoms with Crippen molar-refractivity contribution in [3.63, 3.8) is 0 Å². The van der Waals surface area contributed by atoms with E-state index in [1.807, 2.05) is 0 Å². The molecule has 100 valence electrons. The van der Waals surface area contributed by atoms with Crippen molar-refractivity contribution in [3.05, 3.63) is 63.6 Å². The summed E-state index contributed by atoms with van der Waals surface area (Å²) in [6.45, 7) is -0.177. The SMILES string of the molecule is Fc1cccc(F)c1COc1ccc(Br)cc1CCl. The van der Waals surface area contributed by atoms with Crippen LogP contribution < -0.4 is 4.74 Å². The first kappa shape index (κ1) is 14.3. The fraction of sp³-hybridized carbons (Fsp3) is 0.143. The maximum atomic E-state index is 13.4. The van der Waals surface area contributed by atoms with Gasteiger partial charge in [0.05, 0.1) is 11.4 Å². The Morgan fingerprint density at radius 3 is 2.42 bits per heavy atom. The lowest BCUT2D eigenvalue weighted by molar-refractivity contribution is 0.290. The fourth-order valence-electron chi connectivity index (χ4n) is 1.61. The first-order chi connectivity index (χ1) is 9.11. The van der Waals surface area contributed by atoms with Crippen LogP contribution >= 0.6 is 27.5 Å². The molecule has 0 unspecified atom stereocenters. The summed E-state index contributed by atoms with van der Waals surface area (Å²) in [4.78, 5) is 0. The van der Waals surface area contributed by atoms with Crippen molar-refractivity contribution in [1.82, 2.24) is 0 Å². The maximum Gasteiger partial charge on any atom is 0.132 e. The lowest BCUT2D eigenvalue weighted by atomic mass is 10.2. The van der Waals surface area contributed by atoms with Gasteiger partial charge in [-0.05, 0) is 30.3 Å². The Balaban J connectivity index is 2.19. The first-order valence-electron chi connectivity index (χ1n) is 5.52. The molecule has 1 nitrogen and oxygen atoms in total. The molecule has 0 spiro atoms. The molecule has 0 N–H and O–H groups in total. The summed E-state index contributed by atoms with van der Waals surface area (Å²) in [5.41, 5.74) is 0.665. The van der Waals surface area contributed by atoms with E-state index >= 15 is 0 Å². The van der Waals surface area contributed by atoms with Crippen molar-refractivity contribution in [3.8, 4) is 5.75 Å². The molecule has 0 saturated carbocycles. The van der Waals surface area contributed by atoms with E-state index in [1.165, 1.54) is 18.2 Å². The van der Waals surface area contributed by atoms with Crippen LogP contribution in [0.2, 0.25) is 0 Å². The third-order valence-electron chi connectivity index (χ3n) is 2.60. The molecule has 19 heavy (non-hydrogen) atoms. The van der Waals surface area contributed by atoms with Gasteiger partial charge in [-0.2, -0.15) is 0 Å². The normalized spacial score (nSPS) is 10.5. The van der Waals surface area contributed by atoms with Gasteiger partial charge in [0, 0.05) is 10.0 Å². The minimum absolute atomic E-state index is 0.0917. The monoisotopic (exact) mass is 346 g/mol. The van der Waals surface area contributed by atoms with E-state index in [0.717, 1.165) is 10.0 Å². The molecule has 2 rings (SSSR count). The number of hydrogen-bond donors (Lipinski definition) is 0. The van der Waals surface area contributed by atoms with Crippen LogP contribution in [0, 0.1) is 11.6 Å². The number of benzene rings is 2. The van der Waals surface area contributed by atoms with E-state index in [1.54, 1.807) is 18.2 Å². The van der Waals surface area contributed by atoms with Crippen LogP contribution in [0.4, 0.5) is 8.78 Å². The van der Waals surface area contributed by atoms with Gasteiger partial charge in [0.1, 0.15) is 24.0 Å². The highest BCUT2D eigenvalue weighted by atomic mass is 79.9. The molecule has 0 amide bonds. The zero-order valence-electron chi connectivity index (χ0n) is 9.80. The number of rotatable bonds is 4. The van der Waals surface area contributed by atoms with Gasteiger partial charge in [0.25, 0.3) is 0 Å². The smallest absolute Gasteiger partial charge is 0.132 e. The molecule has 5 heteroatoms. The second-order valence-corrected chi connectivity index (χ2v) is 5.06. The van der Waals surface area contributed by atoms with Gasteiger partial charge >= 0.3 is 0 Å². The predicted molar refractivity (Wildman–Crippen MR) is 74.4 cm³/mol. The van der Waals surface area contributed by atoms with E-state index in [-0.39, 0.29) is 18.1 Å². The standard InChI is InChI=1S/C14H10BrClF2O/c15-10-4-5-14(9(6-10)7-16)19-8-11-12(17)2-1-3-13(11)18/h1-6H,7-8H2. The van der Waals surface area contributed by atoms with Crippen LogP contribution in [0.5, 0.6) is 5.75 Å². The van der Waals surface area contributed by atoms with E-state index in [4.69, 9.17) is 16.3 Å². The molecule has 0 aliphatic carbocycles. The Hall–Kier alpha value is -1.13. The Labute approximate surface area is 123 Å². The van der Waals surface area contributed by atoms with Crippen molar-refractivity contribution < 1.29 is 13.5 Å². The van der Waals surface area contributed by atoms with Crippen molar-refractivity contribution in [2.75, 3.05) is 0 Å². The quantitative estimate of drug-likeness (QED) is 0.704. The highest BCUT2D eigenvalue weighted by Gasteiger charge is 2.10. The highest BCUT2D eigenvalue weighted by Crippen LogP contribution is 2.26. The van der Waals surface area contributed by atoms with Crippen LogP contribution in [0.3, 0.4) is 0 Å². The van der Waals surface area contributed by atoms with Crippen molar-refractivity contribution in [2.24, 2.45) is 0 Å². The van der Waals surface area contributed by atoms with Crippen molar-refractivity contribution in [2.45, 2.75) is 12.5 Å². The molecule has 2 aromatic carbocycles. The number of halogens is 4. The lowest BCUT2D eigenvalue weighted by Gasteiger charge is -2.11. The molecular weight excluding hydrogens is 338 g/mol. The number of hydrogen-bond acceptors (Lipinski definition) is 1. The van der Waals surface area contributed by atoms with E-state index < -0.39 is 11.6 Å². The summed E-state index contributed by atoms with van der Waals surface area (Å²) >= 11 is 9.12. The molecule has 0 fully saturated rings. The summed E-state index contributed by atoms with van der Waals surface area (Å²) < 4.78 is 33.2. The first-order valence-corrected chi connectivity index (χ1v) is 6.84. The molecule has 0 atom stereocenters. The van der Waals surface area contributed by atoms with Crippen LogP contribution in [-0.4, -0.2) is 0 Å². The van der Waals surface area contributed by atoms with Gasteiger partial charge < -0.3 is 4.74 Å². The number of ether oxygens (including phenoxy) is 1. The Morgan fingerprint density at radius 1 is 1.11 bits per heavy atom. The minimum Gasteiger partial charge on any atom is -0.488 e. The topological polar surface area (TPSA) is 9.23 Å². The second-order valence-electron chi connectivity index (χ2n) is 3.87. The summed E-state index contributed by atoms with van der Waals surface area (Å²) in [5, 5.41) is 0. The Morgan fingerprint density at radius 2 is 1.79 bits per heavy atom. The van der Waals surface area contributed by atoms with E-state index in [9.17, 15) is 8.78 Å². The molecule has 0 aliphatic heterocycles. The second kappa shape index (κ2) is 6.35. The van der Waals surface area contributed by atoms with Crippen LogP contribution in [0.1, 0.15) is 11.1 Å². The van der Waals surface area contributed by atoms with Crippen molar-refractivity contribution in [1.29, 1.82) is 0 Å². The summed E-state index contributed by atoms with van der Waals surface area (Å²) in [5.74, 6) is -0.468. The van der Waals surface area contributed by atoms with Gasteiger partial charge in [-0.1, -0.05) is 22.0 Å². The molecule has 0 radical (unpaired) electrons. The minimum atomic E-state index is -0.621. The van der Waals surface area contributed by atoms with E-state index in [0.29, 0.717) is 5.75 Å². The zero-order valence-corrected chi connectivity index (χ0v) is 12.1. The summed E-state index contributed by atoms with van der Waals surface area (Å²) in [6.07, 6.45) is 0. The van der Waals surface area contributed by atoms with Gasteiger partial charge in [0.15, 0.2) is 0 Å². The predicted octanol–water partition coefficient (Wildman–Crippen LogP) is 5.05. The number of alkyl halides is 1. The molecule has 2 aromatic rings. The summed E-state index contributed by atoms with van der Waals surface area (Å²) in [6, 6.07) is 9.01. The van der Waals surface area contributed by atoms with Crippen molar-refractivity contribution >= 4 is 27.5 Å². The molecule has 0 saturated heterocycles. The third kappa shape index (κ3) is 3.45. The molecular formula is C14H10BrClF2O. The van der Waals surface area contributed by atoms with Gasteiger partial charge in [0.2, 0.25) is 0 Å². The molecule has 0 bridgehead atoms. The largest absolute Gasteiger partial charge is 0.488 e. The van der Waals surface area contributed by atoms with Crippen LogP contribution in [-0.2, 0) is 12.5 Å². The fourth-order valence-corrected chi connectivity index (χ4v) is 2.23. The van der Waals surface area contributed by atoms with Crippen LogP contribution in [0.15, 0.2) is 40.9 Å². The third-order valence-corrected chi connectivity index (χ3v) is 3.38. The zero-order chi connectivity index (χ0) is 13.8. The Bertz CT molecular complexity index is 569. The van der Waals surface area contributed by atoms with Crippen LogP contribution in [0.25, 0.3) is 0 Å². The van der Waals surface area contributed by atoms with Gasteiger partial charge in [-0.15, -0.1) is 11.6 Å². The molecule has 0 heterocycles. The average Bonchev–Trinajstić information content (AvgIpc) is 2.39. The van der Waals surface area contributed by atoms with Gasteiger partial charge in [-0.25, -0.2) is 8.78 Å². The molecule has 0 aromatic heterocycles. The highest BCUT2D eigenvalue weighted by molar-refractivity contribution is 9.10. The maximum absolute atomic E-state index is 13.4. The lowest BCUT2D eigenvalue weighted by Crippen LogP contribution is -2.03. The molecule has 0 aliphatic rings. The van der Waals surface area contributed by atoms with E-state index in [2.05, 4.69) is 15.9 Å².